The molecular weight excluding hydrogens is 354 g/mol. The van der Waals surface area contributed by atoms with Crippen molar-refractivity contribution in [2.75, 3.05) is 19.9 Å². The van der Waals surface area contributed by atoms with Crippen LogP contribution >= 0.6 is 0 Å². The molecule has 0 unspecified atom stereocenters. The Morgan fingerprint density at radius 1 is 1.37 bits per heavy atom. The minimum Gasteiger partial charge on any atom is -0.455 e. The molecule has 9 heteroatoms. The first-order valence-corrected chi connectivity index (χ1v) is 8.52. The highest BCUT2D eigenvalue weighted by Gasteiger charge is 2.32. The predicted octanol–water partition coefficient (Wildman–Crippen LogP) is 2.08. The number of rotatable bonds is 7. The zero-order valence-electron chi connectivity index (χ0n) is 14.8. The molecule has 1 atom stereocenters. The lowest BCUT2D eigenvalue weighted by Crippen LogP contribution is -2.40. The fourth-order valence-corrected chi connectivity index (χ4v) is 3.22. The minimum absolute atomic E-state index is 0.00521. The van der Waals surface area contributed by atoms with E-state index in [1.807, 2.05) is 0 Å². The van der Waals surface area contributed by atoms with E-state index in [0.717, 1.165) is 6.42 Å². The van der Waals surface area contributed by atoms with Gasteiger partial charge in [-0.15, -0.1) is 0 Å². The summed E-state index contributed by atoms with van der Waals surface area (Å²) in [6.07, 6.45) is 2.96. The van der Waals surface area contributed by atoms with Crippen LogP contribution in [0.5, 0.6) is 5.75 Å². The summed E-state index contributed by atoms with van der Waals surface area (Å²) in [5.74, 6) is -0.168. The van der Waals surface area contributed by atoms with Crippen LogP contribution in [0.3, 0.4) is 0 Å². The van der Waals surface area contributed by atoms with Crippen LogP contribution in [0.15, 0.2) is 30.5 Å². The highest BCUT2D eigenvalue weighted by Crippen LogP contribution is 2.31. The van der Waals surface area contributed by atoms with Gasteiger partial charge in [-0.3, -0.25) is 29.6 Å². The van der Waals surface area contributed by atoms with E-state index in [2.05, 4.69) is 4.98 Å². The monoisotopic (exact) mass is 373 g/mol. The van der Waals surface area contributed by atoms with Crippen molar-refractivity contribution in [3.63, 3.8) is 0 Å². The second-order valence-corrected chi connectivity index (χ2v) is 6.30. The van der Waals surface area contributed by atoms with Gasteiger partial charge in [-0.05, 0) is 44.5 Å². The first-order valence-electron chi connectivity index (χ1n) is 8.52. The van der Waals surface area contributed by atoms with E-state index in [1.54, 1.807) is 17.0 Å². The maximum Gasteiger partial charge on any atom is 0.326 e. The number of nitrogens with zero attached hydrogens (tertiary/aromatic N) is 3. The number of non-ortho nitro benzene ring substituents is 1. The zero-order chi connectivity index (χ0) is 19.4. The molecule has 0 saturated carbocycles. The number of nitro groups is 1. The number of aromatic nitrogens is 1. The largest absolute Gasteiger partial charge is 0.455 e. The lowest BCUT2D eigenvalue weighted by Gasteiger charge is -2.21. The molecule has 1 aliphatic rings. The number of hydrogen-bond donors (Lipinski definition) is 0. The van der Waals surface area contributed by atoms with Crippen molar-refractivity contribution in [2.45, 2.75) is 25.8 Å². The van der Waals surface area contributed by atoms with Gasteiger partial charge in [0.2, 0.25) is 6.79 Å². The zero-order valence-corrected chi connectivity index (χ0v) is 14.8. The highest BCUT2D eigenvalue weighted by atomic mass is 16.7. The molecule has 9 nitrogen and oxygen atoms in total. The van der Waals surface area contributed by atoms with E-state index in [9.17, 15) is 19.7 Å². The number of likely N-dealkylation sites (tertiary alicyclic amines) is 1. The number of carbonyl (C=O) groups excluding carboxylic acids is 2. The molecule has 2 heterocycles. The number of pyridine rings is 1. The molecule has 1 aromatic heterocycles. The molecule has 2 aromatic rings. The number of ether oxygens (including phenoxy) is 2. The second-order valence-electron chi connectivity index (χ2n) is 6.30. The summed E-state index contributed by atoms with van der Waals surface area (Å²) < 4.78 is 10.7. The fourth-order valence-electron chi connectivity index (χ4n) is 3.22. The lowest BCUT2D eigenvalue weighted by atomic mass is 10.1. The average molecular weight is 373 g/mol. The molecular formula is C18H19N3O6. The third kappa shape index (κ3) is 4.20. The van der Waals surface area contributed by atoms with Crippen LogP contribution in [0, 0.1) is 10.1 Å². The van der Waals surface area contributed by atoms with Gasteiger partial charge in [0.25, 0.3) is 5.69 Å². The molecule has 1 aliphatic heterocycles. The number of esters is 1. The van der Waals surface area contributed by atoms with Crippen LogP contribution in [0.2, 0.25) is 0 Å². The number of fused-ring (bicyclic) bond motifs is 1. The number of carbonyl (C=O) groups is 2. The van der Waals surface area contributed by atoms with E-state index < -0.39 is 16.9 Å². The van der Waals surface area contributed by atoms with E-state index >= 15 is 0 Å². The molecule has 1 saturated heterocycles. The van der Waals surface area contributed by atoms with Gasteiger partial charge in [-0.25, -0.2) is 0 Å². The Morgan fingerprint density at radius 2 is 2.19 bits per heavy atom. The van der Waals surface area contributed by atoms with Gasteiger partial charge in [0, 0.05) is 12.3 Å². The molecule has 0 N–H and O–H groups in total. The van der Waals surface area contributed by atoms with Gasteiger partial charge in [0.15, 0.2) is 0 Å². The fraction of sp³-hybridized carbons (Fsp3) is 0.389. The predicted molar refractivity (Wildman–Crippen MR) is 95.3 cm³/mol. The Balaban J connectivity index is 1.66. The normalized spacial score (nSPS) is 17.0. The Kier molecular flexibility index (Phi) is 5.60. The Morgan fingerprint density at radius 3 is 2.93 bits per heavy atom. The van der Waals surface area contributed by atoms with Crippen molar-refractivity contribution in [1.82, 2.24) is 9.88 Å². The molecule has 0 spiro atoms. The van der Waals surface area contributed by atoms with Crippen LogP contribution in [0.4, 0.5) is 5.69 Å². The maximum atomic E-state index is 12.3. The summed E-state index contributed by atoms with van der Waals surface area (Å²) in [5, 5.41) is 11.5. The highest BCUT2D eigenvalue weighted by molar-refractivity contribution is 5.92. The molecule has 142 valence electrons. The smallest absolute Gasteiger partial charge is 0.326 e. The molecule has 0 radical (unpaired) electrons. The van der Waals surface area contributed by atoms with Gasteiger partial charge in [0.1, 0.15) is 23.1 Å². The molecule has 0 amide bonds. The summed E-state index contributed by atoms with van der Waals surface area (Å²) in [6.45, 7) is 2.04. The van der Waals surface area contributed by atoms with Gasteiger partial charge in [0.05, 0.1) is 16.9 Å². The summed E-state index contributed by atoms with van der Waals surface area (Å²) in [7, 11) is 0. The van der Waals surface area contributed by atoms with Gasteiger partial charge >= 0.3 is 5.97 Å². The van der Waals surface area contributed by atoms with Gasteiger partial charge in [-0.2, -0.15) is 0 Å². The number of ketones is 1. The molecule has 27 heavy (non-hydrogen) atoms. The molecule has 0 aliphatic carbocycles. The number of hydrogen-bond acceptors (Lipinski definition) is 8. The van der Waals surface area contributed by atoms with E-state index in [0.29, 0.717) is 23.9 Å². The Labute approximate surface area is 155 Å². The summed E-state index contributed by atoms with van der Waals surface area (Å²) in [4.78, 5) is 40.1. The standard InChI is InChI=1S/C18H19N3O6/c1-12(22)10-20-9-3-5-15(20)18(23)27-11-26-16-7-6-14(21(24)25)13-4-2-8-19-17(13)16/h2,4,6-8,15H,3,5,9-11H2,1H3/t15-/m0/s1. The van der Waals surface area contributed by atoms with Gasteiger partial charge in [-0.1, -0.05) is 0 Å². The van der Waals surface area contributed by atoms with Crippen LogP contribution < -0.4 is 4.74 Å². The van der Waals surface area contributed by atoms with E-state index in [-0.39, 0.29) is 30.6 Å². The number of Topliss-reactive ketones (excluding diaryl/α,β-unsaturated/α-hetero) is 1. The quantitative estimate of drug-likeness (QED) is 0.314. The number of nitro benzene ring substituents is 1. The maximum absolute atomic E-state index is 12.3. The SMILES string of the molecule is CC(=O)CN1CCC[C@H]1C(=O)OCOc1ccc([N+](=O)[O-])c2cccnc12. The molecule has 0 bridgehead atoms. The van der Waals surface area contributed by atoms with Crippen LogP contribution in [0.1, 0.15) is 19.8 Å². The van der Waals surface area contributed by atoms with Crippen molar-refractivity contribution in [2.24, 2.45) is 0 Å². The lowest BCUT2D eigenvalue weighted by molar-refractivity contribution is -0.383. The van der Waals surface area contributed by atoms with E-state index in [4.69, 9.17) is 9.47 Å². The van der Waals surface area contributed by atoms with Crippen LogP contribution in [-0.4, -0.2) is 52.5 Å². The summed E-state index contributed by atoms with van der Waals surface area (Å²) in [6, 6.07) is 5.48. The van der Waals surface area contributed by atoms with Crippen molar-refractivity contribution in [3.8, 4) is 5.75 Å². The third-order valence-electron chi connectivity index (χ3n) is 4.38. The second kappa shape index (κ2) is 8.09. The molecule has 1 aromatic carbocycles. The molecule has 3 rings (SSSR count). The number of benzene rings is 1. The first-order chi connectivity index (χ1) is 13.0. The van der Waals surface area contributed by atoms with Gasteiger partial charge < -0.3 is 9.47 Å². The van der Waals surface area contributed by atoms with Crippen molar-refractivity contribution < 1.29 is 24.0 Å². The van der Waals surface area contributed by atoms with Crippen molar-refractivity contribution in [1.29, 1.82) is 0 Å². The Hall–Kier alpha value is -3.07. The van der Waals surface area contributed by atoms with Crippen molar-refractivity contribution in [3.05, 3.63) is 40.6 Å². The summed E-state index contributed by atoms with van der Waals surface area (Å²) >= 11 is 0. The van der Waals surface area contributed by atoms with Crippen LogP contribution in [0.25, 0.3) is 10.9 Å². The van der Waals surface area contributed by atoms with Crippen molar-refractivity contribution >= 4 is 28.3 Å². The average Bonchev–Trinajstić information content (AvgIpc) is 3.09. The van der Waals surface area contributed by atoms with E-state index in [1.165, 1.54) is 25.3 Å². The third-order valence-corrected chi connectivity index (χ3v) is 4.38. The minimum atomic E-state index is -0.489. The van der Waals surface area contributed by atoms with Crippen LogP contribution in [-0.2, 0) is 14.3 Å². The summed E-state index contributed by atoms with van der Waals surface area (Å²) in [5.41, 5.74) is 0.245. The topological polar surface area (TPSA) is 112 Å². The Bertz CT molecular complexity index is 885. The molecule has 1 fully saturated rings. The first kappa shape index (κ1) is 18.7.